The molecule has 0 saturated carbocycles. The van der Waals surface area contributed by atoms with E-state index >= 15 is 0 Å². The lowest BCUT2D eigenvalue weighted by atomic mass is 10.2. The van der Waals surface area contributed by atoms with Gasteiger partial charge in [0.05, 0.1) is 0 Å². The number of imide groups is 2. The van der Waals surface area contributed by atoms with Gasteiger partial charge in [-0.05, 0) is 6.07 Å². The number of aromatic nitrogens is 2. The van der Waals surface area contributed by atoms with Crippen LogP contribution in [-0.2, 0) is 9.59 Å². The Morgan fingerprint density at radius 1 is 1.25 bits per heavy atom. The minimum atomic E-state index is -0.694. The lowest BCUT2D eigenvalue weighted by Crippen LogP contribution is -2.53. The number of anilines is 1. The molecule has 0 unspecified atom stereocenters. The molecule has 82 valence electrons. The number of hydrogen-bond acceptors (Lipinski definition) is 5. The Hall–Kier alpha value is -2.31. The van der Waals surface area contributed by atoms with E-state index in [4.69, 9.17) is 0 Å². The van der Waals surface area contributed by atoms with Gasteiger partial charge in [0.25, 0.3) is 0 Å². The summed E-state index contributed by atoms with van der Waals surface area (Å²) in [5.74, 6) is -0.920. The molecule has 0 aromatic carbocycles. The monoisotopic (exact) mass is 220 g/mol. The molecule has 7 nitrogen and oxygen atoms in total. The van der Waals surface area contributed by atoms with Crippen LogP contribution in [0.3, 0.4) is 0 Å². The van der Waals surface area contributed by atoms with Crippen molar-refractivity contribution in [3.63, 3.8) is 0 Å². The van der Waals surface area contributed by atoms with Crippen LogP contribution in [0.25, 0.3) is 0 Å². The summed E-state index contributed by atoms with van der Waals surface area (Å²) < 4.78 is 0. The van der Waals surface area contributed by atoms with Crippen LogP contribution in [-0.4, -0.2) is 39.8 Å². The van der Waals surface area contributed by atoms with Gasteiger partial charge in [-0.25, -0.2) is 19.7 Å². The van der Waals surface area contributed by atoms with E-state index in [0.717, 1.165) is 9.80 Å². The van der Waals surface area contributed by atoms with Crippen molar-refractivity contribution in [3.05, 3.63) is 18.6 Å². The Bertz CT molecular complexity index is 459. The molecule has 1 saturated heterocycles. The van der Waals surface area contributed by atoms with Crippen LogP contribution < -0.4 is 4.90 Å². The second-order valence-corrected chi connectivity index (χ2v) is 3.21. The van der Waals surface area contributed by atoms with Crippen LogP contribution in [0.1, 0.15) is 6.42 Å². The van der Waals surface area contributed by atoms with E-state index in [1.165, 1.54) is 25.6 Å². The molecule has 0 atom stereocenters. The van der Waals surface area contributed by atoms with Crippen LogP contribution in [0.4, 0.5) is 10.6 Å². The van der Waals surface area contributed by atoms with Crippen molar-refractivity contribution in [2.24, 2.45) is 0 Å². The maximum atomic E-state index is 11.7. The van der Waals surface area contributed by atoms with Crippen molar-refractivity contribution in [1.29, 1.82) is 0 Å². The normalized spacial score (nSPS) is 16.9. The maximum absolute atomic E-state index is 11.7. The summed E-state index contributed by atoms with van der Waals surface area (Å²) in [6.45, 7) is 0. The highest BCUT2D eigenvalue weighted by Gasteiger charge is 2.37. The number of urea groups is 1. The average molecular weight is 220 g/mol. The topological polar surface area (TPSA) is 83.5 Å². The van der Waals surface area contributed by atoms with E-state index in [0.29, 0.717) is 0 Å². The van der Waals surface area contributed by atoms with E-state index in [2.05, 4.69) is 9.97 Å². The predicted molar refractivity (Wildman–Crippen MR) is 52.3 cm³/mol. The third-order valence-corrected chi connectivity index (χ3v) is 2.20. The van der Waals surface area contributed by atoms with Crippen molar-refractivity contribution in [1.82, 2.24) is 14.9 Å². The first-order valence-corrected chi connectivity index (χ1v) is 4.50. The van der Waals surface area contributed by atoms with E-state index in [1.807, 2.05) is 0 Å². The molecule has 16 heavy (non-hydrogen) atoms. The molecule has 1 aromatic rings. The van der Waals surface area contributed by atoms with Gasteiger partial charge in [0.15, 0.2) is 0 Å². The van der Waals surface area contributed by atoms with Gasteiger partial charge < -0.3 is 0 Å². The number of carbonyl (C=O) groups excluding carboxylic acids is 3. The van der Waals surface area contributed by atoms with Crippen molar-refractivity contribution < 1.29 is 14.4 Å². The summed E-state index contributed by atoms with van der Waals surface area (Å²) in [6, 6.07) is 0.736. The summed E-state index contributed by atoms with van der Waals surface area (Å²) in [5, 5.41) is 0. The van der Waals surface area contributed by atoms with Crippen LogP contribution in [0, 0.1) is 0 Å². The summed E-state index contributed by atoms with van der Waals surface area (Å²) >= 11 is 0. The van der Waals surface area contributed by atoms with E-state index < -0.39 is 17.8 Å². The van der Waals surface area contributed by atoms with Crippen LogP contribution in [0.2, 0.25) is 0 Å². The predicted octanol–water partition coefficient (Wildman–Crippen LogP) is -0.208. The number of barbiturate groups is 1. The highest BCUT2D eigenvalue weighted by atomic mass is 16.2. The highest BCUT2D eigenvalue weighted by molar-refractivity contribution is 6.25. The molecule has 1 aliphatic heterocycles. The van der Waals surface area contributed by atoms with Crippen molar-refractivity contribution in [3.8, 4) is 0 Å². The lowest BCUT2D eigenvalue weighted by molar-refractivity contribution is -0.134. The molecule has 1 aromatic heterocycles. The highest BCUT2D eigenvalue weighted by Crippen LogP contribution is 2.17. The molecule has 2 rings (SSSR count). The van der Waals surface area contributed by atoms with E-state index in [-0.39, 0.29) is 12.2 Å². The van der Waals surface area contributed by atoms with Gasteiger partial charge in [0, 0.05) is 13.2 Å². The van der Waals surface area contributed by atoms with Gasteiger partial charge in [-0.2, -0.15) is 0 Å². The molecule has 0 aliphatic carbocycles. The standard InChI is InChI=1S/C9H8N4O3/c1-12-7(14)4-8(15)13(9(12)16)6-2-3-10-5-11-6/h2-3,5H,4H2,1H3. The second kappa shape index (κ2) is 3.69. The van der Waals surface area contributed by atoms with Gasteiger partial charge in [0.1, 0.15) is 18.6 Å². The third kappa shape index (κ3) is 1.52. The molecule has 2 heterocycles. The minimum absolute atomic E-state index is 0.171. The number of rotatable bonds is 1. The lowest BCUT2D eigenvalue weighted by Gasteiger charge is -2.29. The van der Waals surface area contributed by atoms with Crippen LogP contribution in [0.5, 0.6) is 0 Å². The van der Waals surface area contributed by atoms with Gasteiger partial charge in [-0.3, -0.25) is 14.5 Å². The smallest absolute Gasteiger partial charge is 0.274 e. The molecule has 1 aliphatic rings. The zero-order valence-corrected chi connectivity index (χ0v) is 8.45. The number of nitrogens with zero attached hydrogens (tertiary/aromatic N) is 4. The summed E-state index contributed by atoms with van der Waals surface area (Å²) in [6.07, 6.45) is 2.32. The Morgan fingerprint density at radius 3 is 2.62 bits per heavy atom. The molecular weight excluding hydrogens is 212 g/mol. The van der Waals surface area contributed by atoms with E-state index in [1.54, 1.807) is 0 Å². The zero-order valence-electron chi connectivity index (χ0n) is 8.45. The van der Waals surface area contributed by atoms with Gasteiger partial charge in [-0.15, -0.1) is 0 Å². The van der Waals surface area contributed by atoms with Crippen LogP contribution >= 0.6 is 0 Å². The third-order valence-electron chi connectivity index (χ3n) is 2.20. The fourth-order valence-corrected chi connectivity index (χ4v) is 1.33. The zero-order chi connectivity index (χ0) is 11.7. The number of carbonyl (C=O) groups is 3. The molecule has 7 heteroatoms. The van der Waals surface area contributed by atoms with E-state index in [9.17, 15) is 14.4 Å². The Morgan fingerprint density at radius 2 is 2.00 bits per heavy atom. The molecular formula is C9H8N4O3. The largest absolute Gasteiger partial charge is 0.339 e. The first kappa shape index (κ1) is 10.2. The quantitative estimate of drug-likeness (QED) is 0.611. The SMILES string of the molecule is CN1C(=O)CC(=O)N(c2ccncn2)C1=O. The summed E-state index contributed by atoms with van der Waals surface area (Å²) in [5.41, 5.74) is 0. The molecule has 0 radical (unpaired) electrons. The molecule has 4 amide bonds. The molecule has 0 bridgehead atoms. The Kier molecular flexibility index (Phi) is 2.35. The molecule has 1 fully saturated rings. The summed E-state index contributed by atoms with van der Waals surface area (Å²) in [4.78, 5) is 43.7. The van der Waals surface area contributed by atoms with Crippen molar-refractivity contribution in [2.45, 2.75) is 6.42 Å². The van der Waals surface area contributed by atoms with Gasteiger partial charge in [0.2, 0.25) is 11.8 Å². The minimum Gasteiger partial charge on any atom is -0.274 e. The van der Waals surface area contributed by atoms with Crippen LogP contribution in [0.15, 0.2) is 18.6 Å². The fourth-order valence-electron chi connectivity index (χ4n) is 1.33. The molecule has 0 spiro atoms. The van der Waals surface area contributed by atoms with Gasteiger partial charge >= 0.3 is 6.03 Å². The van der Waals surface area contributed by atoms with Gasteiger partial charge in [-0.1, -0.05) is 0 Å². The van der Waals surface area contributed by atoms with Crippen molar-refractivity contribution in [2.75, 3.05) is 11.9 Å². The Labute approximate surface area is 90.7 Å². The number of hydrogen-bond donors (Lipinski definition) is 0. The first-order chi connectivity index (χ1) is 7.61. The number of amides is 4. The fraction of sp³-hybridized carbons (Fsp3) is 0.222. The maximum Gasteiger partial charge on any atom is 0.339 e. The summed E-state index contributed by atoms with van der Waals surface area (Å²) in [7, 11) is 1.32. The Balaban J connectivity index is 2.38. The molecule has 0 N–H and O–H groups in total. The second-order valence-electron chi connectivity index (χ2n) is 3.21. The average Bonchev–Trinajstić information content (AvgIpc) is 2.28. The van der Waals surface area contributed by atoms with Crippen molar-refractivity contribution >= 4 is 23.7 Å². The first-order valence-electron chi connectivity index (χ1n) is 4.50.